The van der Waals surface area contributed by atoms with Crippen molar-refractivity contribution in [3.8, 4) is 0 Å². The standard InChI is InChI=1S/C11H12FN3/c1-15-7-9(14-11(15)13)6-8-4-2-3-5-10(8)12/h2-5,7H,6H2,1H3,(H2,13,14). The van der Waals surface area contributed by atoms with Crippen molar-refractivity contribution in [2.45, 2.75) is 6.42 Å². The van der Waals surface area contributed by atoms with Crippen molar-refractivity contribution in [3.63, 3.8) is 0 Å². The van der Waals surface area contributed by atoms with Gasteiger partial charge >= 0.3 is 0 Å². The predicted molar refractivity (Wildman–Crippen MR) is 56.8 cm³/mol. The van der Waals surface area contributed by atoms with Crippen LogP contribution in [0.25, 0.3) is 0 Å². The summed E-state index contributed by atoms with van der Waals surface area (Å²) in [5.74, 6) is 0.239. The molecule has 15 heavy (non-hydrogen) atoms. The van der Waals surface area contributed by atoms with Gasteiger partial charge in [-0.25, -0.2) is 9.37 Å². The fourth-order valence-corrected chi connectivity index (χ4v) is 1.47. The molecular formula is C11H12FN3. The first-order valence-corrected chi connectivity index (χ1v) is 4.68. The molecule has 78 valence electrons. The molecule has 0 aliphatic rings. The predicted octanol–water partition coefficient (Wildman–Crippen LogP) is 1.73. The highest BCUT2D eigenvalue weighted by molar-refractivity contribution is 5.27. The lowest BCUT2D eigenvalue weighted by Crippen LogP contribution is -1.95. The van der Waals surface area contributed by atoms with Gasteiger partial charge in [-0.1, -0.05) is 18.2 Å². The molecule has 0 spiro atoms. The molecule has 1 aromatic carbocycles. The summed E-state index contributed by atoms with van der Waals surface area (Å²) in [6.45, 7) is 0. The molecule has 1 aromatic heterocycles. The quantitative estimate of drug-likeness (QED) is 0.811. The SMILES string of the molecule is Cn1cc(Cc2ccccc2F)nc1N. The maximum absolute atomic E-state index is 13.3. The Bertz CT molecular complexity index is 457. The van der Waals surface area contributed by atoms with Crippen molar-refractivity contribution < 1.29 is 4.39 Å². The summed E-state index contributed by atoms with van der Waals surface area (Å²) in [6.07, 6.45) is 2.28. The number of anilines is 1. The molecule has 1 heterocycles. The van der Waals surface area contributed by atoms with Gasteiger partial charge in [-0.05, 0) is 11.6 Å². The normalized spacial score (nSPS) is 10.5. The van der Waals surface area contributed by atoms with Gasteiger partial charge in [-0.3, -0.25) is 0 Å². The third-order valence-electron chi connectivity index (χ3n) is 2.29. The van der Waals surface area contributed by atoms with Gasteiger partial charge in [0.2, 0.25) is 0 Å². The zero-order valence-corrected chi connectivity index (χ0v) is 8.44. The number of benzene rings is 1. The minimum atomic E-state index is -0.207. The van der Waals surface area contributed by atoms with E-state index in [1.807, 2.05) is 19.3 Å². The van der Waals surface area contributed by atoms with Crippen LogP contribution in [0.5, 0.6) is 0 Å². The van der Waals surface area contributed by atoms with Gasteiger partial charge in [0.25, 0.3) is 0 Å². The molecule has 0 atom stereocenters. The molecule has 2 rings (SSSR count). The van der Waals surface area contributed by atoms with Crippen molar-refractivity contribution in [3.05, 3.63) is 47.5 Å². The van der Waals surface area contributed by atoms with E-state index in [-0.39, 0.29) is 5.82 Å². The maximum Gasteiger partial charge on any atom is 0.200 e. The van der Waals surface area contributed by atoms with E-state index in [4.69, 9.17) is 5.73 Å². The van der Waals surface area contributed by atoms with Crippen LogP contribution in [0.1, 0.15) is 11.3 Å². The smallest absolute Gasteiger partial charge is 0.200 e. The largest absolute Gasteiger partial charge is 0.369 e. The Hall–Kier alpha value is -1.84. The molecule has 2 N–H and O–H groups in total. The first-order chi connectivity index (χ1) is 7.16. The highest BCUT2D eigenvalue weighted by Crippen LogP contribution is 2.13. The Labute approximate surface area is 87.4 Å². The van der Waals surface area contributed by atoms with E-state index >= 15 is 0 Å². The average Bonchev–Trinajstić information content (AvgIpc) is 2.50. The van der Waals surface area contributed by atoms with Crippen LogP contribution in [0, 0.1) is 5.82 Å². The molecule has 0 bridgehead atoms. The summed E-state index contributed by atoms with van der Waals surface area (Å²) >= 11 is 0. The molecule has 2 aromatic rings. The highest BCUT2D eigenvalue weighted by atomic mass is 19.1. The van der Waals surface area contributed by atoms with E-state index in [1.54, 1.807) is 16.7 Å². The summed E-state index contributed by atoms with van der Waals surface area (Å²) in [7, 11) is 1.81. The molecule has 0 fully saturated rings. The minimum Gasteiger partial charge on any atom is -0.369 e. The lowest BCUT2D eigenvalue weighted by Gasteiger charge is -1.98. The number of nitrogens with two attached hydrogens (primary N) is 1. The first kappa shape index (κ1) is 9.71. The number of hydrogen-bond donors (Lipinski definition) is 1. The molecule has 0 radical (unpaired) electrons. The second-order valence-corrected chi connectivity index (χ2v) is 3.47. The Morgan fingerprint density at radius 1 is 1.40 bits per heavy atom. The zero-order chi connectivity index (χ0) is 10.8. The monoisotopic (exact) mass is 205 g/mol. The Balaban J connectivity index is 2.26. The van der Waals surface area contributed by atoms with Crippen LogP contribution in [0.3, 0.4) is 0 Å². The Morgan fingerprint density at radius 3 is 2.73 bits per heavy atom. The number of aryl methyl sites for hydroxylation is 1. The van der Waals surface area contributed by atoms with Crippen LogP contribution >= 0.6 is 0 Å². The van der Waals surface area contributed by atoms with Crippen LogP contribution in [-0.2, 0) is 13.5 Å². The second kappa shape index (κ2) is 3.73. The van der Waals surface area contributed by atoms with Crippen molar-refractivity contribution in [2.75, 3.05) is 5.73 Å². The van der Waals surface area contributed by atoms with Crippen LogP contribution in [0.4, 0.5) is 10.3 Å². The number of halogens is 1. The van der Waals surface area contributed by atoms with Crippen molar-refractivity contribution in [2.24, 2.45) is 7.05 Å². The molecule has 3 nitrogen and oxygen atoms in total. The molecular weight excluding hydrogens is 193 g/mol. The van der Waals surface area contributed by atoms with Gasteiger partial charge in [0.1, 0.15) is 5.82 Å². The molecule has 4 heteroatoms. The van der Waals surface area contributed by atoms with Gasteiger partial charge in [0.05, 0.1) is 5.69 Å². The van der Waals surface area contributed by atoms with E-state index < -0.39 is 0 Å². The Morgan fingerprint density at radius 2 is 2.13 bits per heavy atom. The van der Waals surface area contributed by atoms with E-state index in [9.17, 15) is 4.39 Å². The Kier molecular flexibility index (Phi) is 2.41. The number of aromatic nitrogens is 2. The fraction of sp³-hybridized carbons (Fsp3) is 0.182. The van der Waals surface area contributed by atoms with Crippen LogP contribution in [0.15, 0.2) is 30.5 Å². The molecule has 0 saturated carbocycles. The summed E-state index contributed by atoms with van der Waals surface area (Å²) < 4.78 is 15.0. The number of imidazole rings is 1. The topological polar surface area (TPSA) is 43.8 Å². The van der Waals surface area contributed by atoms with Gasteiger partial charge in [-0.15, -0.1) is 0 Å². The van der Waals surface area contributed by atoms with Gasteiger partial charge in [0.15, 0.2) is 5.95 Å². The summed E-state index contributed by atoms with van der Waals surface area (Å²) in [5.41, 5.74) is 7.00. The lowest BCUT2D eigenvalue weighted by atomic mass is 10.1. The molecule has 0 unspecified atom stereocenters. The van der Waals surface area contributed by atoms with Crippen LogP contribution in [0.2, 0.25) is 0 Å². The number of nitrogens with zero attached hydrogens (tertiary/aromatic N) is 2. The molecule has 0 amide bonds. The number of hydrogen-bond acceptors (Lipinski definition) is 2. The highest BCUT2D eigenvalue weighted by Gasteiger charge is 2.06. The summed E-state index contributed by atoms with van der Waals surface area (Å²) in [5, 5.41) is 0. The van der Waals surface area contributed by atoms with E-state index in [1.165, 1.54) is 6.07 Å². The van der Waals surface area contributed by atoms with Crippen LogP contribution < -0.4 is 5.73 Å². The van der Waals surface area contributed by atoms with Crippen molar-refractivity contribution in [1.29, 1.82) is 0 Å². The van der Waals surface area contributed by atoms with Crippen molar-refractivity contribution in [1.82, 2.24) is 9.55 Å². The molecule has 0 aliphatic heterocycles. The second-order valence-electron chi connectivity index (χ2n) is 3.47. The van der Waals surface area contributed by atoms with Gasteiger partial charge in [-0.2, -0.15) is 0 Å². The average molecular weight is 205 g/mol. The fourth-order valence-electron chi connectivity index (χ4n) is 1.47. The van der Waals surface area contributed by atoms with E-state index in [2.05, 4.69) is 4.98 Å². The number of nitrogen functional groups attached to an aromatic ring is 1. The lowest BCUT2D eigenvalue weighted by molar-refractivity contribution is 0.613. The third kappa shape index (κ3) is 1.98. The minimum absolute atomic E-state index is 0.207. The third-order valence-corrected chi connectivity index (χ3v) is 2.29. The van der Waals surface area contributed by atoms with Crippen molar-refractivity contribution >= 4 is 5.95 Å². The van der Waals surface area contributed by atoms with E-state index in [0.29, 0.717) is 17.9 Å². The van der Waals surface area contributed by atoms with Crippen LogP contribution in [-0.4, -0.2) is 9.55 Å². The van der Waals surface area contributed by atoms with Gasteiger partial charge < -0.3 is 10.3 Å². The first-order valence-electron chi connectivity index (χ1n) is 4.68. The van der Waals surface area contributed by atoms with E-state index in [0.717, 1.165) is 5.69 Å². The van der Waals surface area contributed by atoms with Gasteiger partial charge in [0, 0.05) is 19.7 Å². The summed E-state index contributed by atoms with van der Waals surface area (Å²) in [6, 6.07) is 6.68. The molecule has 0 aliphatic carbocycles. The zero-order valence-electron chi connectivity index (χ0n) is 8.44. The number of rotatable bonds is 2. The maximum atomic E-state index is 13.3. The summed E-state index contributed by atoms with van der Waals surface area (Å²) in [4.78, 5) is 4.12. The molecule has 0 saturated heterocycles.